The van der Waals surface area contributed by atoms with Crippen LogP contribution >= 0.6 is 0 Å². The smallest absolute Gasteiger partial charge is 0.284 e. The van der Waals surface area contributed by atoms with Crippen LogP contribution in [0.3, 0.4) is 0 Å². The molecule has 0 radical (unpaired) electrons. The largest absolute Gasteiger partial charge is 0.368 e. The molecular weight excluding hydrogens is 462 g/mol. The topological polar surface area (TPSA) is 112 Å². The van der Waals surface area contributed by atoms with E-state index in [0.29, 0.717) is 11.1 Å². The number of rotatable bonds is 7. The standard InChI is InChI=1S/C27H23N3O4S/c1-19-12-15-23(16-13-19)35(33,34)29-24-17-14-22(26(31)21-10-6-3-7-11-21)18-30(24)25(27(28)32)20-8-4-2-5-9-20/h2-18,25H,1H3,(H2,28,32)/b29-24+. The third-order valence-electron chi connectivity index (χ3n) is 5.45. The lowest BCUT2D eigenvalue weighted by molar-refractivity contribution is -0.120. The van der Waals surface area contributed by atoms with Crippen LogP contribution in [0, 0.1) is 6.92 Å². The molecule has 8 heteroatoms. The second-order valence-corrected chi connectivity index (χ2v) is 9.58. The maximum atomic E-state index is 13.1. The molecule has 0 saturated heterocycles. The number of carbonyl (C=O) groups excluding carboxylic acids is 2. The number of ketones is 1. The highest BCUT2D eigenvalue weighted by Crippen LogP contribution is 2.19. The maximum Gasteiger partial charge on any atom is 0.284 e. The van der Waals surface area contributed by atoms with Gasteiger partial charge in [-0.3, -0.25) is 9.59 Å². The van der Waals surface area contributed by atoms with Gasteiger partial charge in [0.1, 0.15) is 11.5 Å². The van der Waals surface area contributed by atoms with Crippen LogP contribution < -0.4 is 11.2 Å². The van der Waals surface area contributed by atoms with Crippen molar-refractivity contribution < 1.29 is 18.0 Å². The van der Waals surface area contributed by atoms with Crippen molar-refractivity contribution in [3.63, 3.8) is 0 Å². The summed E-state index contributed by atoms with van der Waals surface area (Å²) >= 11 is 0. The van der Waals surface area contributed by atoms with Crippen molar-refractivity contribution in [1.29, 1.82) is 0 Å². The zero-order valence-electron chi connectivity index (χ0n) is 18.9. The number of primary amides is 1. The van der Waals surface area contributed by atoms with Gasteiger partial charge in [0.2, 0.25) is 5.91 Å². The first-order chi connectivity index (χ1) is 16.8. The van der Waals surface area contributed by atoms with E-state index in [4.69, 9.17) is 5.73 Å². The van der Waals surface area contributed by atoms with Crippen molar-refractivity contribution in [3.05, 3.63) is 131 Å². The average Bonchev–Trinajstić information content (AvgIpc) is 2.86. The summed E-state index contributed by atoms with van der Waals surface area (Å²) in [4.78, 5) is 25.7. The number of nitrogens with two attached hydrogens (primary N) is 1. The summed E-state index contributed by atoms with van der Waals surface area (Å²) in [6.45, 7) is 1.85. The monoisotopic (exact) mass is 485 g/mol. The van der Waals surface area contributed by atoms with Crippen molar-refractivity contribution in [3.8, 4) is 0 Å². The van der Waals surface area contributed by atoms with Gasteiger partial charge >= 0.3 is 0 Å². The number of carbonyl (C=O) groups is 2. The first-order valence-electron chi connectivity index (χ1n) is 10.8. The SMILES string of the molecule is Cc1ccc(S(=O)(=O)/N=c2\ccc(C(=O)c3ccccc3)cn2C(C(N)=O)c2ccccc2)cc1. The van der Waals surface area contributed by atoms with Gasteiger partial charge in [0.05, 0.1) is 4.90 Å². The Labute approximate surface area is 203 Å². The van der Waals surface area contributed by atoms with Crippen molar-refractivity contribution >= 4 is 21.7 Å². The summed E-state index contributed by atoms with van der Waals surface area (Å²) in [6.07, 6.45) is 1.42. The minimum absolute atomic E-state index is 0.00873. The van der Waals surface area contributed by atoms with Crippen LogP contribution in [0.1, 0.15) is 33.1 Å². The van der Waals surface area contributed by atoms with Gasteiger partial charge in [-0.15, -0.1) is 4.40 Å². The minimum Gasteiger partial charge on any atom is -0.368 e. The van der Waals surface area contributed by atoms with E-state index in [9.17, 15) is 18.0 Å². The Morgan fingerprint density at radius 2 is 1.40 bits per heavy atom. The van der Waals surface area contributed by atoms with Crippen LogP contribution in [0.15, 0.2) is 113 Å². The van der Waals surface area contributed by atoms with Crippen molar-refractivity contribution in [2.75, 3.05) is 0 Å². The van der Waals surface area contributed by atoms with E-state index in [1.54, 1.807) is 72.8 Å². The molecular formula is C27H23N3O4S. The Morgan fingerprint density at radius 1 is 0.800 bits per heavy atom. The van der Waals surface area contributed by atoms with E-state index in [2.05, 4.69) is 4.40 Å². The van der Waals surface area contributed by atoms with Crippen molar-refractivity contribution in [2.45, 2.75) is 17.9 Å². The van der Waals surface area contributed by atoms with Crippen LogP contribution in [0.5, 0.6) is 0 Å². The minimum atomic E-state index is -4.11. The summed E-state index contributed by atoms with van der Waals surface area (Å²) in [7, 11) is -4.11. The molecule has 2 N–H and O–H groups in total. The lowest BCUT2D eigenvalue weighted by Crippen LogP contribution is -2.35. The Bertz CT molecular complexity index is 1540. The molecule has 0 fully saturated rings. The highest BCUT2D eigenvalue weighted by Gasteiger charge is 2.23. The molecule has 0 spiro atoms. The third kappa shape index (κ3) is 5.28. The fourth-order valence-corrected chi connectivity index (χ4v) is 4.65. The first kappa shape index (κ1) is 23.8. The van der Waals surface area contributed by atoms with E-state index in [-0.39, 0.29) is 21.7 Å². The second kappa shape index (κ2) is 9.90. The lowest BCUT2D eigenvalue weighted by Gasteiger charge is -2.19. The average molecular weight is 486 g/mol. The van der Waals surface area contributed by atoms with Crippen LogP contribution in [0.25, 0.3) is 0 Å². The summed E-state index contributed by atoms with van der Waals surface area (Å²) < 4.78 is 31.5. The lowest BCUT2D eigenvalue weighted by atomic mass is 10.0. The molecule has 1 aromatic heterocycles. The normalized spacial score (nSPS) is 12.8. The van der Waals surface area contributed by atoms with Gasteiger partial charge in [0, 0.05) is 17.3 Å². The number of aryl methyl sites for hydroxylation is 1. The zero-order chi connectivity index (χ0) is 25.0. The number of amides is 1. The van der Waals surface area contributed by atoms with Crippen LogP contribution in [-0.2, 0) is 14.8 Å². The molecule has 0 saturated carbocycles. The second-order valence-electron chi connectivity index (χ2n) is 7.97. The Morgan fingerprint density at radius 3 is 2.00 bits per heavy atom. The number of sulfonamides is 1. The van der Waals surface area contributed by atoms with Crippen molar-refractivity contribution in [1.82, 2.24) is 4.57 Å². The van der Waals surface area contributed by atoms with Crippen LogP contribution in [0.2, 0.25) is 0 Å². The van der Waals surface area contributed by atoms with Gasteiger partial charge in [-0.25, -0.2) is 0 Å². The molecule has 35 heavy (non-hydrogen) atoms. The van der Waals surface area contributed by atoms with E-state index in [1.165, 1.54) is 35.0 Å². The van der Waals surface area contributed by atoms with E-state index in [1.807, 2.05) is 6.92 Å². The van der Waals surface area contributed by atoms with E-state index < -0.39 is 22.0 Å². The third-order valence-corrected chi connectivity index (χ3v) is 6.74. The molecule has 1 atom stereocenters. The molecule has 4 aromatic rings. The van der Waals surface area contributed by atoms with E-state index >= 15 is 0 Å². The predicted octanol–water partition coefficient (Wildman–Crippen LogP) is 3.39. The van der Waals surface area contributed by atoms with Gasteiger partial charge in [0.15, 0.2) is 5.78 Å². The van der Waals surface area contributed by atoms with Crippen LogP contribution in [-0.4, -0.2) is 24.7 Å². The van der Waals surface area contributed by atoms with Gasteiger partial charge in [-0.2, -0.15) is 8.42 Å². The number of benzene rings is 3. The number of hydrogen-bond donors (Lipinski definition) is 1. The Hall–Kier alpha value is -4.30. The van der Waals surface area contributed by atoms with E-state index in [0.717, 1.165) is 5.56 Å². The fraction of sp³-hybridized carbons (Fsp3) is 0.0741. The first-order valence-corrected chi connectivity index (χ1v) is 12.2. The zero-order valence-corrected chi connectivity index (χ0v) is 19.7. The fourth-order valence-electron chi connectivity index (χ4n) is 3.67. The number of hydrogen-bond acceptors (Lipinski definition) is 4. The highest BCUT2D eigenvalue weighted by atomic mass is 32.2. The number of pyridine rings is 1. The molecule has 0 aliphatic heterocycles. The summed E-state index contributed by atoms with van der Waals surface area (Å²) in [5, 5.41) is 0. The molecule has 4 rings (SSSR count). The van der Waals surface area contributed by atoms with Gasteiger partial charge < -0.3 is 10.3 Å². The molecule has 0 bridgehead atoms. The number of nitrogens with zero attached hydrogens (tertiary/aromatic N) is 2. The predicted molar refractivity (Wildman–Crippen MR) is 132 cm³/mol. The molecule has 0 aliphatic rings. The highest BCUT2D eigenvalue weighted by molar-refractivity contribution is 7.90. The molecule has 3 aromatic carbocycles. The maximum absolute atomic E-state index is 13.1. The van der Waals surface area contributed by atoms with Gasteiger partial charge in [0.25, 0.3) is 10.0 Å². The molecule has 0 aliphatic carbocycles. The molecule has 1 heterocycles. The van der Waals surface area contributed by atoms with Crippen LogP contribution in [0.4, 0.5) is 0 Å². The summed E-state index contributed by atoms with van der Waals surface area (Å²) in [6, 6.07) is 25.4. The number of aromatic nitrogens is 1. The van der Waals surface area contributed by atoms with Crippen molar-refractivity contribution in [2.24, 2.45) is 10.1 Å². The Kier molecular flexibility index (Phi) is 6.75. The molecule has 7 nitrogen and oxygen atoms in total. The quantitative estimate of drug-likeness (QED) is 0.404. The summed E-state index contributed by atoms with van der Waals surface area (Å²) in [5.41, 5.74) is 7.86. The van der Waals surface area contributed by atoms with Gasteiger partial charge in [-0.05, 0) is 36.8 Å². The molecule has 1 amide bonds. The molecule has 176 valence electrons. The molecule has 1 unspecified atom stereocenters. The van der Waals surface area contributed by atoms with Gasteiger partial charge in [-0.1, -0.05) is 78.4 Å². The Balaban J connectivity index is 1.94. The summed E-state index contributed by atoms with van der Waals surface area (Å²) in [5.74, 6) is -1.02.